The standard InChI is InChI=1S/C11H13Cl2NO4S/c1-7-9(12)5-8(6-10(7)19(13,16)17)11(15)14-3-4-18-2/h5-6H,3-4H2,1-2H3,(H,14,15). The molecule has 106 valence electrons. The highest BCUT2D eigenvalue weighted by Gasteiger charge is 2.19. The Hall–Kier alpha value is -0.820. The van der Waals surface area contributed by atoms with Gasteiger partial charge in [0.15, 0.2) is 0 Å². The molecule has 0 radical (unpaired) electrons. The lowest BCUT2D eigenvalue weighted by Crippen LogP contribution is -2.27. The van der Waals surface area contributed by atoms with Crippen LogP contribution >= 0.6 is 22.3 Å². The van der Waals surface area contributed by atoms with E-state index in [9.17, 15) is 13.2 Å². The number of hydrogen-bond donors (Lipinski definition) is 1. The summed E-state index contributed by atoms with van der Waals surface area (Å²) in [7, 11) is 2.85. The Morgan fingerprint density at radius 3 is 2.58 bits per heavy atom. The quantitative estimate of drug-likeness (QED) is 0.663. The second-order valence-corrected chi connectivity index (χ2v) is 6.71. The van der Waals surface area contributed by atoms with Crippen LogP contribution in [0.25, 0.3) is 0 Å². The summed E-state index contributed by atoms with van der Waals surface area (Å²) in [5.74, 6) is -0.444. The normalized spacial score (nSPS) is 11.4. The fourth-order valence-corrected chi connectivity index (χ4v) is 2.91. The van der Waals surface area contributed by atoms with Gasteiger partial charge in [0.25, 0.3) is 15.0 Å². The van der Waals surface area contributed by atoms with Crippen LogP contribution in [0.2, 0.25) is 5.02 Å². The molecule has 0 bridgehead atoms. The van der Waals surface area contributed by atoms with Crippen LogP contribution in [0, 0.1) is 6.92 Å². The first-order valence-electron chi connectivity index (χ1n) is 5.29. The number of rotatable bonds is 5. The van der Waals surface area contributed by atoms with E-state index in [1.54, 1.807) is 0 Å². The van der Waals surface area contributed by atoms with E-state index < -0.39 is 15.0 Å². The van der Waals surface area contributed by atoms with Crippen molar-refractivity contribution in [3.05, 3.63) is 28.3 Å². The van der Waals surface area contributed by atoms with E-state index in [-0.39, 0.29) is 15.5 Å². The zero-order valence-corrected chi connectivity index (χ0v) is 12.7. The summed E-state index contributed by atoms with van der Waals surface area (Å²) in [6.45, 7) is 2.18. The molecule has 0 fully saturated rings. The zero-order valence-electron chi connectivity index (χ0n) is 10.4. The Balaban J connectivity index is 3.11. The maximum atomic E-state index is 11.8. The number of methoxy groups -OCH3 is 1. The highest BCUT2D eigenvalue weighted by Crippen LogP contribution is 2.27. The zero-order chi connectivity index (χ0) is 14.6. The summed E-state index contributed by atoms with van der Waals surface area (Å²) < 4.78 is 27.6. The molecule has 0 aliphatic heterocycles. The molecule has 0 aliphatic rings. The van der Waals surface area contributed by atoms with Crippen LogP contribution in [0.1, 0.15) is 15.9 Å². The van der Waals surface area contributed by atoms with E-state index in [2.05, 4.69) is 5.32 Å². The monoisotopic (exact) mass is 325 g/mol. The Morgan fingerprint density at radius 1 is 1.42 bits per heavy atom. The van der Waals surface area contributed by atoms with E-state index >= 15 is 0 Å². The third-order valence-electron chi connectivity index (χ3n) is 2.41. The van der Waals surface area contributed by atoms with Crippen LogP contribution in [0.4, 0.5) is 0 Å². The summed E-state index contributed by atoms with van der Waals surface area (Å²) in [4.78, 5) is 11.6. The maximum Gasteiger partial charge on any atom is 0.261 e. The van der Waals surface area contributed by atoms with E-state index in [1.807, 2.05) is 0 Å². The van der Waals surface area contributed by atoms with Crippen molar-refractivity contribution >= 4 is 37.2 Å². The van der Waals surface area contributed by atoms with Gasteiger partial charge in [-0.15, -0.1) is 0 Å². The second-order valence-electron chi connectivity index (χ2n) is 3.77. The molecule has 1 N–H and O–H groups in total. The summed E-state index contributed by atoms with van der Waals surface area (Å²) in [6.07, 6.45) is 0. The van der Waals surface area contributed by atoms with Crippen molar-refractivity contribution in [1.29, 1.82) is 0 Å². The molecule has 5 nitrogen and oxygen atoms in total. The fraction of sp³-hybridized carbons (Fsp3) is 0.364. The maximum absolute atomic E-state index is 11.8. The van der Waals surface area contributed by atoms with Crippen molar-refractivity contribution in [3.8, 4) is 0 Å². The Labute approximate surface area is 121 Å². The molecule has 1 aromatic carbocycles. The predicted molar refractivity (Wildman–Crippen MR) is 73.4 cm³/mol. The first-order valence-corrected chi connectivity index (χ1v) is 7.98. The highest BCUT2D eigenvalue weighted by atomic mass is 35.7. The van der Waals surface area contributed by atoms with Gasteiger partial charge < -0.3 is 10.1 Å². The molecule has 0 saturated carbocycles. The second kappa shape index (κ2) is 6.56. The number of benzene rings is 1. The van der Waals surface area contributed by atoms with Gasteiger partial charge in [-0.3, -0.25) is 4.79 Å². The number of carbonyl (C=O) groups is 1. The summed E-state index contributed by atoms with van der Waals surface area (Å²) in [6, 6.07) is 2.59. The molecule has 0 spiro atoms. The molecular weight excluding hydrogens is 313 g/mol. The van der Waals surface area contributed by atoms with Gasteiger partial charge in [-0.2, -0.15) is 0 Å². The molecule has 19 heavy (non-hydrogen) atoms. The van der Waals surface area contributed by atoms with Crippen LogP contribution in [0.5, 0.6) is 0 Å². The molecule has 1 aromatic rings. The van der Waals surface area contributed by atoms with Gasteiger partial charge in [0.2, 0.25) is 0 Å². The summed E-state index contributed by atoms with van der Waals surface area (Å²) in [5.41, 5.74) is 0.441. The third-order valence-corrected chi connectivity index (χ3v) is 4.25. The number of amides is 1. The Bertz CT molecular complexity index is 587. The Morgan fingerprint density at radius 2 is 2.05 bits per heavy atom. The van der Waals surface area contributed by atoms with Crippen LogP contribution in [-0.2, 0) is 13.8 Å². The SMILES string of the molecule is COCCNC(=O)c1cc(Cl)c(C)c(S(=O)(=O)Cl)c1. The van der Waals surface area contributed by atoms with Crippen molar-refractivity contribution < 1.29 is 17.9 Å². The van der Waals surface area contributed by atoms with E-state index in [0.717, 1.165) is 0 Å². The lowest BCUT2D eigenvalue weighted by atomic mass is 10.1. The van der Waals surface area contributed by atoms with Crippen molar-refractivity contribution in [2.75, 3.05) is 20.3 Å². The van der Waals surface area contributed by atoms with Crippen LogP contribution < -0.4 is 5.32 Å². The summed E-state index contributed by atoms with van der Waals surface area (Å²) >= 11 is 5.90. The largest absolute Gasteiger partial charge is 0.383 e. The predicted octanol–water partition coefficient (Wildman–Crippen LogP) is 1.95. The third kappa shape index (κ3) is 4.35. The molecule has 1 rings (SSSR count). The van der Waals surface area contributed by atoms with Gasteiger partial charge in [0.05, 0.1) is 11.5 Å². The minimum absolute atomic E-state index is 0.130. The average Bonchev–Trinajstić information content (AvgIpc) is 2.31. The molecule has 1 amide bonds. The number of nitrogens with one attached hydrogen (secondary N) is 1. The smallest absolute Gasteiger partial charge is 0.261 e. The van der Waals surface area contributed by atoms with Crippen molar-refractivity contribution in [2.24, 2.45) is 0 Å². The van der Waals surface area contributed by atoms with E-state index in [0.29, 0.717) is 18.7 Å². The van der Waals surface area contributed by atoms with Gasteiger partial charge in [-0.25, -0.2) is 8.42 Å². The molecule has 0 atom stereocenters. The van der Waals surface area contributed by atoms with Crippen molar-refractivity contribution in [1.82, 2.24) is 5.32 Å². The first kappa shape index (κ1) is 16.2. The van der Waals surface area contributed by atoms with Gasteiger partial charge in [0, 0.05) is 34.9 Å². The minimum atomic E-state index is -3.95. The summed E-state index contributed by atoms with van der Waals surface area (Å²) in [5, 5.41) is 2.73. The number of ether oxygens (including phenoxy) is 1. The van der Waals surface area contributed by atoms with Crippen molar-refractivity contribution in [2.45, 2.75) is 11.8 Å². The van der Waals surface area contributed by atoms with Crippen LogP contribution in [-0.4, -0.2) is 34.6 Å². The highest BCUT2D eigenvalue weighted by molar-refractivity contribution is 8.13. The van der Waals surface area contributed by atoms with Crippen LogP contribution in [0.3, 0.4) is 0 Å². The van der Waals surface area contributed by atoms with Crippen LogP contribution in [0.15, 0.2) is 17.0 Å². The Kier molecular flexibility index (Phi) is 5.61. The molecular formula is C11H13Cl2NO4S. The van der Waals surface area contributed by atoms with Gasteiger partial charge in [-0.05, 0) is 24.6 Å². The molecule has 0 aliphatic carbocycles. The van der Waals surface area contributed by atoms with Gasteiger partial charge in [-0.1, -0.05) is 11.6 Å². The van der Waals surface area contributed by atoms with E-state index in [4.69, 9.17) is 27.0 Å². The number of carbonyl (C=O) groups excluding carboxylic acids is 1. The number of halogens is 2. The van der Waals surface area contributed by atoms with Gasteiger partial charge in [0.1, 0.15) is 0 Å². The minimum Gasteiger partial charge on any atom is -0.383 e. The van der Waals surface area contributed by atoms with Crippen molar-refractivity contribution in [3.63, 3.8) is 0 Å². The first-order chi connectivity index (χ1) is 8.77. The molecule has 0 saturated heterocycles. The molecule has 0 heterocycles. The average molecular weight is 326 g/mol. The molecule has 0 aromatic heterocycles. The van der Waals surface area contributed by atoms with E-state index in [1.165, 1.54) is 26.2 Å². The van der Waals surface area contributed by atoms with Gasteiger partial charge >= 0.3 is 0 Å². The molecule has 0 unspecified atom stereocenters. The molecule has 8 heteroatoms. The fourth-order valence-electron chi connectivity index (χ4n) is 1.41. The number of hydrogen-bond acceptors (Lipinski definition) is 4. The lowest BCUT2D eigenvalue weighted by Gasteiger charge is -2.09. The topological polar surface area (TPSA) is 72.5 Å². The lowest BCUT2D eigenvalue weighted by molar-refractivity contribution is 0.0937.